The molecule has 0 saturated carbocycles. The van der Waals surface area contributed by atoms with Crippen LogP contribution >= 0.6 is 15.6 Å². The number of nitrogens with one attached hydrogen (secondary N) is 2. The van der Waals surface area contributed by atoms with Crippen LogP contribution in [0.15, 0.2) is 0 Å². The van der Waals surface area contributed by atoms with Crippen molar-refractivity contribution in [3.05, 3.63) is 0 Å². The molecule has 85 heavy (non-hydrogen) atoms. The molecule has 25 heteroatoms. The van der Waals surface area contributed by atoms with E-state index in [4.69, 9.17) is 32.7 Å². The largest absolute Gasteiger partial charge is 0.472 e. The lowest BCUT2D eigenvalue weighted by Crippen LogP contribution is -2.67. The highest BCUT2D eigenvalue weighted by Gasteiger charge is 2.52. The number of hydrogen-bond donors (Lipinski definition) is 10. The normalized spacial score (nSPS) is 23.5. The molecule has 10 N–H and O–H groups in total. The zero-order valence-corrected chi connectivity index (χ0v) is 53.8. The van der Waals surface area contributed by atoms with Gasteiger partial charge in [-0.1, -0.05) is 207 Å². The van der Waals surface area contributed by atoms with Crippen LogP contribution in [0.5, 0.6) is 0 Å². The molecule has 2 amide bonds. The lowest BCUT2D eigenvalue weighted by atomic mass is 9.95. The van der Waals surface area contributed by atoms with Crippen molar-refractivity contribution < 1.29 is 101 Å². The number of carbonyl (C=O) groups is 4. The maximum Gasteiger partial charge on any atom is 0.472 e. The van der Waals surface area contributed by atoms with Gasteiger partial charge in [-0.3, -0.25) is 28.2 Å². The van der Waals surface area contributed by atoms with Gasteiger partial charge in [0.25, 0.3) is 0 Å². The average molecular weight is 1260 g/mol. The van der Waals surface area contributed by atoms with Crippen LogP contribution in [-0.4, -0.2) is 150 Å². The molecule has 2 saturated heterocycles. The van der Waals surface area contributed by atoms with E-state index in [2.05, 4.69) is 38.3 Å². The SMILES string of the molecule is CCCCCCCCCCCCCC(=O)O[C@@H](CCCCCCCCC)CC(=O)N[C@H]1[C@H](OC[C@H]2O[C@H](OP(=O)(O)O)[C@H](NC(=O)C[C@H](CCCCCCCCC)OC(=O)CCCCCCCCC)[C@@H](O)[C@@H]2O)O[C@H](CO)[C@@H](OP(=O)(O)O)[C@@H]1O. The van der Waals surface area contributed by atoms with Gasteiger partial charge in [0, 0.05) is 12.8 Å². The highest BCUT2D eigenvalue weighted by molar-refractivity contribution is 7.46. The van der Waals surface area contributed by atoms with Gasteiger partial charge in [0.15, 0.2) is 12.6 Å². The summed E-state index contributed by atoms with van der Waals surface area (Å²) in [6.07, 6.45) is 15.3. The summed E-state index contributed by atoms with van der Waals surface area (Å²) in [7, 11) is -10.9. The maximum absolute atomic E-state index is 14.0. The van der Waals surface area contributed by atoms with Gasteiger partial charge in [-0.2, -0.15) is 0 Å². The van der Waals surface area contributed by atoms with Gasteiger partial charge >= 0.3 is 27.6 Å². The Hall–Kier alpha value is -2.18. The summed E-state index contributed by atoms with van der Waals surface area (Å²) >= 11 is 0. The van der Waals surface area contributed by atoms with Gasteiger partial charge in [-0.15, -0.1) is 0 Å². The molecule has 0 aromatic carbocycles. The van der Waals surface area contributed by atoms with E-state index < -0.39 is 139 Å². The van der Waals surface area contributed by atoms with Gasteiger partial charge in [-0.25, -0.2) is 9.13 Å². The molecule has 23 nitrogen and oxygen atoms in total. The number of ether oxygens (including phenoxy) is 5. The van der Waals surface area contributed by atoms with Crippen LogP contribution in [0.1, 0.15) is 272 Å². The average Bonchev–Trinajstić information content (AvgIpc) is 1.92. The van der Waals surface area contributed by atoms with Crippen molar-refractivity contribution in [2.45, 2.75) is 345 Å². The molecule has 0 bridgehead atoms. The highest BCUT2D eigenvalue weighted by atomic mass is 31.2. The molecule has 2 heterocycles. The monoisotopic (exact) mass is 1260 g/mol. The van der Waals surface area contributed by atoms with E-state index in [1.165, 1.54) is 38.5 Å². The third kappa shape index (κ3) is 36.9. The summed E-state index contributed by atoms with van der Waals surface area (Å²) in [4.78, 5) is 93.5. The molecule has 2 fully saturated rings. The first-order valence-electron chi connectivity index (χ1n) is 32.7. The fourth-order valence-corrected chi connectivity index (χ4v) is 11.9. The van der Waals surface area contributed by atoms with Crippen molar-refractivity contribution in [2.24, 2.45) is 0 Å². The molecule has 12 atom stereocenters. The molecule has 0 aliphatic carbocycles. The maximum atomic E-state index is 14.0. The first-order chi connectivity index (χ1) is 40.7. The van der Waals surface area contributed by atoms with Crippen LogP contribution in [0, 0.1) is 0 Å². The lowest BCUT2D eigenvalue weighted by Gasteiger charge is -2.45. The van der Waals surface area contributed by atoms with Gasteiger partial charge in [0.2, 0.25) is 11.8 Å². The van der Waals surface area contributed by atoms with E-state index in [-0.39, 0.29) is 12.8 Å². The molecular weight excluding hydrogens is 1150 g/mol. The number of unbranched alkanes of at least 4 members (excludes halogenated alkanes) is 28. The number of phosphoric acid groups is 2. The Labute approximate surface area is 507 Å². The minimum absolute atomic E-state index is 0.147. The number of aliphatic hydroxyl groups excluding tert-OH is 4. The zero-order chi connectivity index (χ0) is 62.9. The standard InChI is InChI=1S/C60H114N2O21P2/c1-5-9-13-17-21-22-23-24-28-32-36-40-52(67)79-46(38-34-30-26-19-15-11-7-3)42-50(65)62-54-57(70)58(82-84(71,72)73)47(43-63)80-59(54)77-44-48-55(68)56(69)53(60(81-48)83-85(74,75)76)61-49(64)41-45(37-33-29-25-18-14-10-6-2)78-51(66)39-35-31-27-20-16-12-8-4/h45-48,53-60,63,68-70H,5-44H2,1-4H3,(H,61,64)(H,62,65)(H2,71,72,73)(H2,74,75,76)/t45-,46-,47+,48+,53+,54+,55+,56+,57+,58+,59+,60+/m0/s1. The molecule has 2 aliphatic heterocycles. The Morgan fingerprint density at radius 2 is 0.788 bits per heavy atom. The molecular formula is C60H114N2O21P2. The summed E-state index contributed by atoms with van der Waals surface area (Å²) in [6, 6.07) is -3.57. The second kappa shape index (κ2) is 46.8. The summed E-state index contributed by atoms with van der Waals surface area (Å²) in [5, 5.41) is 49.9. The molecule has 0 radical (unpaired) electrons. The van der Waals surface area contributed by atoms with E-state index in [0.717, 1.165) is 141 Å². The van der Waals surface area contributed by atoms with Crippen molar-refractivity contribution >= 4 is 39.4 Å². The quantitative estimate of drug-likeness (QED) is 0.0154. The number of esters is 2. The molecule has 0 spiro atoms. The van der Waals surface area contributed by atoms with Crippen molar-refractivity contribution in [3.8, 4) is 0 Å². The number of phosphoric ester groups is 2. The van der Waals surface area contributed by atoms with Gasteiger partial charge < -0.3 is 74.3 Å². The van der Waals surface area contributed by atoms with Crippen molar-refractivity contribution in [1.82, 2.24) is 10.6 Å². The third-order valence-electron chi connectivity index (χ3n) is 15.8. The number of aliphatic hydroxyl groups is 4. The topological polar surface area (TPSA) is 353 Å². The van der Waals surface area contributed by atoms with Gasteiger partial charge in [0.05, 0.1) is 26.1 Å². The number of carbonyl (C=O) groups excluding carboxylic acids is 4. The smallest absolute Gasteiger partial charge is 0.462 e. The van der Waals surface area contributed by atoms with Crippen LogP contribution < -0.4 is 10.6 Å². The van der Waals surface area contributed by atoms with Crippen molar-refractivity contribution in [1.29, 1.82) is 0 Å². The van der Waals surface area contributed by atoms with E-state index in [1.807, 2.05) is 0 Å². The van der Waals surface area contributed by atoms with E-state index in [9.17, 15) is 68.3 Å². The van der Waals surface area contributed by atoms with Crippen molar-refractivity contribution in [2.75, 3.05) is 13.2 Å². The van der Waals surface area contributed by atoms with E-state index in [0.29, 0.717) is 38.5 Å². The van der Waals surface area contributed by atoms with Crippen LogP contribution in [-0.2, 0) is 61.0 Å². The minimum Gasteiger partial charge on any atom is -0.462 e. The minimum atomic E-state index is -5.47. The second-order valence-electron chi connectivity index (χ2n) is 23.5. The predicted octanol–water partition coefficient (Wildman–Crippen LogP) is 9.81. The van der Waals surface area contributed by atoms with E-state index in [1.54, 1.807) is 0 Å². The summed E-state index contributed by atoms with van der Waals surface area (Å²) in [6.45, 7) is 6.72. The molecule has 0 unspecified atom stereocenters. The molecule has 2 aliphatic rings. The van der Waals surface area contributed by atoms with Crippen molar-refractivity contribution in [3.63, 3.8) is 0 Å². The number of amides is 2. The predicted molar refractivity (Wildman–Crippen MR) is 320 cm³/mol. The number of rotatable bonds is 52. The van der Waals surface area contributed by atoms with Gasteiger partial charge in [-0.05, 0) is 38.5 Å². The lowest BCUT2D eigenvalue weighted by molar-refractivity contribution is -0.294. The second-order valence-corrected chi connectivity index (χ2v) is 25.9. The Balaban J connectivity index is 2.28. The molecule has 500 valence electrons. The molecule has 0 aromatic rings. The van der Waals surface area contributed by atoms with E-state index >= 15 is 0 Å². The fourth-order valence-electron chi connectivity index (χ4n) is 10.9. The molecule has 2 rings (SSSR count). The Morgan fingerprint density at radius 3 is 1.15 bits per heavy atom. The summed E-state index contributed by atoms with van der Waals surface area (Å²) in [5.74, 6) is -2.58. The third-order valence-corrected chi connectivity index (χ3v) is 16.8. The number of hydrogen-bond acceptors (Lipinski definition) is 17. The van der Waals surface area contributed by atoms with Gasteiger partial charge in [0.1, 0.15) is 60.9 Å². The first-order valence-corrected chi connectivity index (χ1v) is 35.8. The van der Waals surface area contributed by atoms with Crippen LogP contribution in [0.3, 0.4) is 0 Å². The Kier molecular flexibility index (Phi) is 43.5. The van der Waals surface area contributed by atoms with Crippen LogP contribution in [0.4, 0.5) is 0 Å². The fraction of sp³-hybridized carbons (Fsp3) is 0.933. The zero-order valence-electron chi connectivity index (χ0n) is 52.0. The summed E-state index contributed by atoms with van der Waals surface area (Å²) in [5.41, 5.74) is 0. The van der Waals surface area contributed by atoms with Crippen LogP contribution in [0.2, 0.25) is 0 Å². The first kappa shape index (κ1) is 78.9. The summed E-state index contributed by atoms with van der Waals surface area (Å²) < 4.78 is 63.4. The molecule has 0 aromatic heterocycles. The highest BCUT2D eigenvalue weighted by Crippen LogP contribution is 2.43. The van der Waals surface area contributed by atoms with Crippen LogP contribution in [0.25, 0.3) is 0 Å². The Morgan fingerprint density at radius 1 is 0.447 bits per heavy atom. The Bertz CT molecular complexity index is 1860.